The maximum absolute atomic E-state index is 11.9. The minimum Gasteiger partial charge on any atom is -0.298 e. The van der Waals surface area contributed by atoms with Crippen LogP contribution >= 0.6 is 11.3 Å². The molecule has 0 spiro atoms. The molecule has 94 valence electrons. The maximum Gasteiger partial charge on any atom is 0.160 e. The molecule has 0 aromatic carbocycles. The van der Waals surface area contributed by atoms with Crippen LogP contribution in [0.2, 0.25) is 0 Å². The van der Waals surface area contributed by atoms with Gasteiger partial charge in [0.2, 0.25) is 0 Å². The Morgan fingerprint density at radius 3 is 2.88 bits per heavy atom. The van der Waals surface area contributed by atoms with Crippen LogP contribution in [-0.2, 0) is 21.1 Å². The zero-order valence-corrected chi connectivity index (χ0v) is 11.2. The third-order valence-electron chi connectivity index (χ3n) is 3.14. The van der Waals surface area contributed by atoms with Crippen LogP contribution in [0.3, 0.4) is 0 Å². The Morgan fingerprint density at radius 2 is 2.24 bits per heavy atom. The van der Waals surface area contributed by atoms with Crippen molar-refractivity contribution in [2.45, 2.75) is 37.4 Å². The first kappa shape index (κ1) is 12.8. The largest absolute Gasteiger partial charge is 0.298 e. The molecular weight excluding hydrogens is 256 g/mol. The first-order chi connectivity index (χ1) is 8.09. The fraction of sp³-hybridized carbons (Fsp3) is 0.583. The SMILES string of the molecule is O=C(CCc1cccs1)C1CCCCS1(=O)=O. The Balaban J connectivity index is 1.95. The van der Waals surface area contributed by atoms with E-state index in [9.17, 15) is 13.2 Å². The number of hydrogen-bond acceptors (Lipinski definition) is 4. The van der Waals surface area contributed by atoms with Crippen molar-refractivity contribution in [1.29, 1.82) is 0 Å². The number of carbonyl (C=O) groups is 1. The molecule has 1 aliphatic heterocycles. The number of sulfone groups is 1. The molecular formula is C12H16O3S2. The quantitative estimate of drug-likeness (QED) is 0.844. The summed E-state index contributed by atoms with van der Waals surface area (Å²) in [7, 11) is -3.16. The van der Waals surface area contributed by atoms with Crippen LogP contribution < -0.4 is 0 Å². The van der Waals surface area contributed by atoms with Crippen LogP contribution in [-0.4, -0.2) is 25.2 Å². The number of carbonyl (C=O) groups excluding carboxylic acids is 1. The highest BCUT2D eigenvalue weighted by Gasteiger charge is 2.33. The average molecular weight is 272 g/mol. The lowest BCUT2D eigenvalue weighted by molar-refractivity contribution is -0.118. The van der Waals surface area contributed by atoms with E-state index >= 15 is 0 Å². The summed E-state index contributed by atoms with van der Waals surface area (Å²) in [6.45, 7) is 0. The number of Topliss-reactive ketones (excluding diaryl/α,β-unsaturated/α-hetero) is 1. The summed E-state index contributed by atoms with van der Waals surface area (Å²) in [5, 5.41) is 1.24. The van der Waals surface area contributed by atoms with Gasteiger partial charge in [0.25, 0.3) is 0 Å². The number of hydrogen-bond donors (Lipinski definition) is 0. The predicted molar refractivity (Wildman–Crippen MR) is 69.1 cm³/mol. The van der Waals surface area contributed by atoms with Gasteiger partial charge in [0.05, 0.1) is 5.75 Å². The molecule has 17 heavy (non-hydrogen) atoms. The molecule has 1 aromatic heterocycles. The molecule has 0 amide bonds. The Labute approximate surface area is 106 Å². The van der Waals surface area contributed by atoms with E-state index in [0.717, 1.165) is 11.3 Å². The van der Waals surface area contributed by atoms with Crippen molar-refractivity contribution in [2.24, 2.45) is 0 Å². The smallest absolute Gasteiger partial charge is 0.160 e. The van der Waals surface area contributed by atoms with E-state index in [4.69, 9.17) is 0 Å². The third kappa shape index (κ3) is 3.16. The standard InChI is InChI=1S/C12H16O3S2/c13-11(7-6-10-4-3-8-16-10)12-5-1-2-9-17(12,14)15/h3-4,8,12H,1-2,5-7,9H2. The molecule has 1 saturated heterocycles. The number of rotatable bonds is 4. The average Bonchev–Trinajstić information content (AvgIpc) is 2.78. The van der Waals surface area contributed by atoms with Crippen molar-refractivity contribution < 1.29 is 13.2 Å². The van der Waals surface area contributed by atoms with Crippen molar-refractivity contribution in [3.63, 3.8) is 0 Å². The Hall–Kier alpha value is -0.680. The van der Waals surface area contributed by atoms with Crippen molar-refractivity contribution in [1.82, 2.24) is 0 Å². The molecule has 1 aromatic rings. The van der Waals surface area contributed by atoms with Gasteiger partial charge in [-0.05, 0) is 30.7 Å². The second-order valence-electron chi connectivity index (χ2n) is 4.40. The second-order valence-corrected chi connectivity index (χ2v) is 7.73. The Kier molecular flexibility index (Phi) is 3.99. The molecule has 5 heteroatoms. The monoisotopic (exact) mass is 272 g/mol. The summed E-state index contributed by atoms with van der Waals surface area (Å²) < 4.78 is 23.5. The van der Waals surface area contributed by atoms with Gasteiger partial charge >= 0.3 is 0 Å². The lowest BCUT2D eigenvalue weighted by atomic mass is 10.1. The second kappa shape index (κ2) is 5.31. The van der Waals surface area contributed by atoms with E-state index in [-0.39, 0.29) is 11.5 Å². The van der Waals surface area contributed by atoms with E-state index in [1.165, 1.54) is 0 Å². The summed E-state index contributed by atoms with van der Waals surface area (Å²) in [6.07, 6.45) is 3.10. The molecule has 1 unspecified atom stereocenters. The molecule has 1 fully saturated rings. The highest BCUT2D eigenvalue weighted by Crippen LogP contribution is 2.22. The molecule has 2 rings (SSSR count). The number of aryl methyl sites for hydroxylation is 1. The van der Waals surface area contributed by atoms with Gasteiger partial charge in [0.15, 0.2) is 15.6 Å². The van der Waals surface area contributed by atoms with E-state index < -0.39 is 15.1 Å². The van der Waals surface area contributed by atoms with E-state index in [1.54, 1.807) is 11.3 Å². The fourth-order valence-electron chi connectivity index (χ4n) is 2.18. The van der Waals surface area contributed by atoms with Crippen LogP contribution in [0.5, 0.6) is 0 Å². The first-order valence-electron chi connectivity index (χ1n) is 5.86. The van der Waals surface area contributed by atoms with Gasteiger partial charge in [-0.15, -0.1) is 11.3 Å². The summed E-state index contributed by atoms with van der Waals surface area (Å²) in [6, 6.07) is 3.93. The third-order valence-corrected chi connectivity index (χ3v) is 6.30. The summed E-state index contributed by atoms with van der Waals surface area (Å²) in [5.41, 5.74) is 0. The molecule has 0 aliphatic carbocycles. The minimum atomic E-state index is -3.16. The number of thiophene rings is 1. The zero-order chi connectivity index (χ0) is 12.3. The van der Waals surface area contributed by atoms with Crippen LogP contribution in [0.25, 0.3) is 0 Å². The summed E-state index contributed by atoms with van der Waals surface area (Å²) >= 11 is 1.61. The van der Waals surface area contributed by atoms with Crippen molar-refractivity contribution in [2.75, 3.05) is 5.75 Å². The highest BCUT2D eigenvalue weighted by atomic mass is 32.2. The molecule has 1 aliphatic rings. The molecule has 0 N–H and O–H groups in total. The van der Waals surface area contributed by atoms with E-state index in [0.29, 0.717) is 25.7 Å². The van der Waals surface area contributed by atoms with E-state index in [1.807, 2.05) is 17.5 Å². The Morgan fingerprint density at radius 1 is 1.41 bits per heavy atom. The van der Waals surface area contributed by atoms with Gasteiger partial charge in [-0.2, -0.15) is 0 Å². The van der Waals surface area contributed by atoms with Gasteiger partial charge in [-0.1, -0.05) is 12.5 Å². The molecule has 0 bridgehead atoms. The molecule has 3 nitrogen and oxygen atoms in total. The zero-order valence-electron chi connectivity index (χ0n) is 9.59. The topological polar surface area (TPSA) is 51.2 Å². The molecule has 1 atom stereocenters. The van der Waals surface area contributed by atoms with Crippen LogP contribution in [0.4, 0.5) is 0 Å². The lowest BCUT2D eigenvalue weighted by Crippen LogP contribution is -2.35. The van der Waals surface area contributed by atoms with Gasteiger partial charge < -0.3 is 0 Å². The van der Waals surface area contributed by atoms with Crippen LogP contribution in [0.1, 0.15) is 30.6 Å². The fourth-order valence-corrected chi connectivity index (χ4v) is 4.82. The van der Waals surface area contributed by atoms with Gasteiger partial charge in [-0.25, -0.2) is 8.42 Å². The van der Waals surface area contributed by atoms with Crippen LogP contribution in [0, 0.1) is 0 Å². The maximum atomic E-state index is 11.9. The molecule has 0 saturated carbocycles. The highest BCUT2D eigenvalue weighted by molar-refractivity contribution is 7.92. The van der Waals surface area contributed by atoms with Gasteiger partial charge in [0.1, 0.15) is 5.25 Å². The normalized spacial score (nSPS) is 23.4. The first-order valence-corrected chi connectivity index (χ1v) is 8.46. The summed E-state index contributed by atoms with van der Waals surface area (Å²) in [4.78, 5) is 13.1. The van der Waals surface area contributed by atoms with E-state index in [2.05, 4.69) is 0 Å². The number of ketones is 1. The Bertz CT molecular complexity index is 474. The van der Waals surface area contributed by atoms with Crippen LogP contribution in [0.15, 0.2) is 17.5 Å². The molecule has 2 heterocycles. The summed E-state index contributed by atoms with van der Waals surface area (Å²) in [5.74, 6) is 0.0840. The van der Waals surface area contributed by atoms with Gasteiger partial charge in [-0.3, -0.25) is 4.79 Å². The molecule has 0 radical (unpaired) electrons. The van der Waals surface area contributed by atoms with Crippen molar-refractivity contribution >= 4 is 27.0 Å². The predicted octanol–water partition coefficient (Wildman–Crippen LogP) is 2.22. The van der Waals surface area contributed by atoms with Crippen molar-refractivity contribution in [3.8, 4) is 0 Å². The minimum absolute atomic E-state index is 0.0990. The van der Waals surface area contributed by atoms with Gasteiger partial charge in [0, 0.05) is 11.3 Å². The lowest BCUT2D eigenvalue weighted by Gasteiger charge is -2.20. The van der Waals surface area contributed by atoms with Crippen molar-refractivity contribution in [3.05, 3.63) is 22.4 Å².